The van der Waals surface area contributed by atoms with E-state index in [1.807, 2.05) is 49.4 Å². The van der Waals surface area contributed by atoms with Crippen LogP contribution in [-0.4, -0.2) is 15.7 Å². The topological polar surface area (TPSA) is 70.1 Å². The first kappa shape index (κ1) is 16.6. The van der Waals surface area contributed by atoms with Crippen molar-refractivity contribution in [2.24, 2.45) is 5.10 Å². The Bertz CT molecular complexity index is 928. The monoisotopic (exact) mass is 332 g/mol. The molecule has 5 heteroatoms. The zero-order chi connectivity index (χ0) is 17.6. The van der Waals surface area contributed by atoms with Gasteiger partial charge in [0.25, 0.3) is 5.56 Å². The largest absolute Gasteiger partial charge is 0.291 e. The molecule has 3 rings (SSSR count). The Kier molecular flexibility index (Phi) is 5.04. The van der Waals surface area contributed by atoms with Crippen LogP contribution in [0.15, 0.2) is 70.6 Å². The van der Waals surface area contributed by atoms with Gasteiger partial charge < -0.3 is 0 Å². The number of nitrogens with one attached hydrogen (secondary N) is 2. The van der Waals surface area contributed by atoms with Crippen LogP contribution in [0.1, 0.15) is 25.0 Å². The molecule has 2 N–H and O–H groups in total. The van der Waals surface area contributed by atoms with Crippen molar-refractivity contribution in [2.45, 2.75) is 20.3 Å². The molecule has 0 atom stereocenters. The Hall–Kier alpha value is -3.21. The van der Waals surface area contributed by atoms with Gasteiger partial charge in [0.2, 0.25) is 5.95 Å². The fourth-order valence-electron chi connectivity index (χ4n) is 2.45. The van der Waals surface area contributed by atoms with E-state index in [4.69, 9.17) is 0 Å². The number of aromatic amines is 1. The average molecular weight is 332 g/mol. The van der Waals surface area contributed by atoms with E-state index >= 15 is 0 Å². The number of H-pyrrole nitrogens is 1. The van der Waals surface area contributed by atoms with Gasteiger partial charge in [-0.25, -0.2) is 10.4 Å². The molecule has 3 aromatic rings. The number of hydrazone groups is 1. The van der Waals surface area contributed by atoms with Gasteiger partial charge in [-0.05, 0) is 24.5 Å². The normalized spacial score (nSPS) is 11.4. The summed E-state index contributed by atoms with van der Waals surface area (Å²) in [6, 6.07) is 19.3. The first-order valence-electron chi connectivity index (χ1n) is 8.22. The average Bonchev–Trinajstić information content (AvgIpc) is 2.66. The maximum absolute atomic E-state index is 11.9. The van der Waals surface area contributed by atoms with Gasteiger partial charge in [0.05, 0.1) is 11.4 Å². The smallest absolute Gasteiger partial charge is 0.252 e. The van der Waals surface area contributed by atoms with Crippen LogP contribution in [0.4, 0.5) is 5.95 Å². The van der Waals surface area contributed by atoms with Gasteiger partial charge in [-0.3, -0.25) is 9.78 Å². The van der Waals surface area contributed by atoms with Crippen molar-refractivity contribution in [2.75, 3.05) is 5.43 Å². The fourth-order valence-corrected chi connectivity index (χ4v) is 2.45. The summed E-state index contributed by atoms with van der Waals surface area (Å²) < 4.78 is 0. The molecule has 1 aromatic heterocycles. The van der Waals surface area contributed by atoms with E-state index < -0.39 is 0 Å². The third-order valence-electron chi connectivity index (χ3n) is 3.92. The van der Waals surface area contributed by atoms with E-state index in [9.17, 15) is 4.79 Å². The van der Waals surface area contributed by atoms with E-state index in [2.05, 4.69) is 39.6 Å². The Balaban J connectivity index is 1.82. The Labute approximate surface area is 146 Å². The third kappa shape index (κ3) is 4.20. The minimum Gasteiger partial charge on any atom is -0.291 e. The summed E-state index contributed by atoms with van der Waals surface area (Å²) in [6.45, 7) is 4.03. The molecule has 1 heterocycles. The van der Waals surface area contributed by atoms with Crippen molar-refractivity contribution in [3.8, 4) is 11.3 Å². The van der Waals surface area contributed by atoms with E-state index in [0.29, 0.717) is 11.6 Å². The molecule has 0 unspecified atom stereocenters. The quantitative estimate of drug-likeness (QED) is 0.551. The molecule has 0 bridgehead atoms. The van der Waals surface area contributed by atoms with Crippen LogP contribution >= 0.6 is 0 Å². The Morgan fingerprint density at radius 2 is 1.84 bits per heavy atom. The number of anilines is 1. The molecule has 0 aliphatic rings. The van der Waals surface area contributed by atoms with Crippen molar-refractivity contribution in [1.82, 2.24) is 9.97 Å². The van der Waals surface area contributed by atoms with Crippen LogP contribution in [0.5, 0.6) is 0 Å². The van der Waals surface area contributed by atoms with Gasteiger partial charge >= 0.3 is 0 Å². The highest BCUT2D eigenvalue weighted by Crippen LogP contribution is 2.15. The summed E-state index contributed by atoms with van der Waals surface area (Å²) in [4.78, 5) is 19.0. The molecule has 0 saturated carbocycles. The number of nitrogens with zero attached hydrogens (tertiary/aromatic N) is 2. The predicted octanol–water partition coefficient (Wildman–Crippen LogP) is 3.84. The second-order valence-corrected chi connectivity index (χ2v) is 5.70. The van der Waals surface area contributed by atoms with E-state index in [1.165, 1.54) is 11.6 Å². The lowest BCUT2D eigenvalue weighted by atomic mass is 10.1. The molecular formula is C20H20N4O. The van der Waals surface area contributed by atoms with Crippen LogP contribution in [0.3, 0.4) is 0 Å². The third-order valence-corrected chi connectivity index (χ3v) is 3.92. The van der Waals surface area contributed by atoms with Crippen LogP contribution in [-0.2, 0) is 6.42 Å². The molecule has 0 aliphatic heterocycles. The van der Waals surface area contributed by atoms with Gasteiger partial charge in [-0.1, -0.05) is 61.5 Å². The van der Waals surface area contributed by atoms with Gasteiger partial charge in [-0.15, -0.1) is 0 Å². The molecule has 0 amide bonds. The second-order valence-electron chi connectivity index (χ2n) is 5.70. The highest BCUT2D eigenvalue weighted by molar-refractivity contribution is 5.99. The summed E-state index contributed by atoms with van der Waals surface area (Å²) in [7, 11) is 0. The van der Waals surface area contributed by atoms with Crippen molar-refractivity contribution in [3.05, 3.63) is 82.1 Å². The first-order valence-corrected chi connectivity index (χ1v) is 8.22. The summed E-state index contributed by atoms with van der Waals surface area (Å²) >= 11 is 0. The molecule has 126 valence electrons. The van der Waals surface area contributed by atoms with E-state index in [1.54, 1.807) is 0 Å². The zero-order valence-corrected chi connectivity index (χ0v) is 14.3. The lowest BCUT2D eigenvalue weighted by Gasteiger charge is -2.06. The second kappa shape index (κ2) is 7.57. The molecule has 0 spiro atoms. The number of rotatable bonds is 5. The number of hydrogen-bond acceptors (Lipinski definition) is 4. The minimum atomic E-state index is -0.225. The van der Waals surface area contributed by atoms with Gasteiger partial charge in [0.15, 0.2) is 0 Å². The lowest BCUT2D eigenvalue weighted by molar-refractivity contribution is 1.08. The molecule has 0 saturated heterocycles. The van der Waals surface area contributed by atoms with Crippen molar-refractivity contribution in [1.29, 1.82) is 0 Å². The summed E-state index contributed by atoms with van der Waals surface area (Å²) in [5.41, 5.74) is 7.22. The molecule has 0 aliphatic carbocycles. The molecule has 25 heavy (non-hydrogen) atoms. The van der Waals surface area contributed by atoms with Crippen LogP contribution in [0.25, 0.3) is 11.3 Å². The van der Waals surface area contributed by atoms with E-state index in [-0.39, 0.29) is 5.56 Å². The molecule has 0 radical (unpaired) electrons. The summed E-state index contributed by atoms with van der Waals surface area (Å²) in [5, 5.41) is 4.33. The van der Waals surface area contributed by atoms with E-state index in [0.717, 1.165) is 23.3 Å². The molecular weight excluding hydrogens is 312 g/mol. The maximum Gasteiger partial charge on any atom is 0.252 e. The standard InChI is InChI=1S/C20H20N4O/c1-3-15-9-11-16(12-10-15)14(2)23-24-20-21-18(13-19(25)22-20)17-7-5-4-6-8-17/h4-13H,3H2,1-2H3,(H2,21,22,24,25)/b23-14+. The Morgan fingerprint density at radius 3 is 2.52 bits per heavy atom. The van der Waals surface area contributed by atoms with Gasteiger partial charge in [0, 0.05) is 11.6 Å². The van der Waals surface area contributed by atoms with Gasteiger partial charge in [0.1, 0.15) is 0 Å². The number of aromatic nitrogens is 2. The van der Waals surface area contributed by atoms with Crippen LogP contribution in [0.2, 0.25) is 0 Å². The zero-order valence-electron chi connectivity index (χ0n) is 14.3. The van der Waals surface area contributed by atoms with Crippen molar-refractivity contribution < 1.29 is 0 Å². The maximum atomic E-state index is 11.9. The highest BCUT2D eigenvalue weighted by Gasteiger charge is 2.04. The van der Waals surface area contributed by atoms with Crippen LogP contribution in [0, 0.1) is 0 Å². The first-order chi connectivity index (χ1) is 12.2. The lowest BCUT2D eigenvalue weighted by Crippen LogP contribution is -2.11. The van der Waals surface area contributed by atoms with Crippen LogP contribution < -0.4 is 11.0 Å². The van der Waals surface area contributed by atoms with Gasteiger partial charge in [-0.2, -0.15) is 5.10 Å². The number of aryl methyl sites for hydroxylation is 1. The number of benzene rings is 2. The predicted molar refractivity (Wildman–Crippen MR) is 102 cm³/mol. The van der Waals surface area contributed by atoms with Crippen molar-refractivity contribution >= 4 is 11.7 Å². The highest BCUT2D eigenvalue weighted by atomic mass is 16.1. The molecule has 0 fully saturated rings. The SMILES string of the molecule is CCc1ccc(/C(C)=N/Nc2nc(-c3ccccc3)cc(=O)[nH]2)cc1. The number of hydrogen-bond donors (Lipinski definition) is 2. The minimum absolute atomic E-state index is 0.225. The Morgan fingerprint density at radius 1 is 1.12 bits per heavy atom. The fraction of sp³-hybridized carbons (Fsp3) is 0.150. The molecule has 2 aromatic carbocycles. The molecule has 5 nitrogen and oxygen atoms in total. The summed E-state index contributed by atoms with van der Waals surface area (Å²) in [5.74, 6) is 0.316. The van der Waals surface area contributed by atoms with Crippen molar-refractivity contribution in [3.63, 3.8) is 0 Å². The summed E-state index contributed by atoms with van der Waals surface area (Å²) in [6.07, 6.45) is 1.01.